The molecule has 0 saturated heterocycles. The summed E-state index contributed by atoms with van der Waals surface area (Å²) < 4.78 is 6.59. The summed E-state index contributed by atoms with van der Waals surface area (Å²) in [5.74, 6) is 0.679. The third kappa shape index (κ3) is 2.69. The molecule has 0 fully saturated rings. The van der Waals surface area contributed by atoms with Gasteiger partial charge >= 0.3 is 5.69 Å². The Balaban J connectivity index is 2.00. The number of rotatable bonds is 4. The average molecular weight is 400 g/mol. The second-order valence-corrected chi connectivity index (χ2v) is 7.65. The van der Waals surface area contributed by atoms with Crippen LogP contribution in [0.5, 0.6) is 0 Å². The van der Waals surface area contributed by atoms with Crippen molar-refractivity contribution in [1.82, 2.24) is 23.1 Å². The summed E-state index contributed by atoms with van der Waals surface area (Å²) in [6, 6.07) is 7.36. The molecule has 8 heteroatoms. The summed E-state index contributed by atoms with van der Waals surface area (Å²) in [6.07, 6.45) is 2.85. The third-order valence-corrected chi connectivity index (χ3v) is 5.61. The van der Waals surface area contributed by atoms with Crippen LogP contribution in [0.1, 0.15) is 37.6 Å². The molecule has 0 aliphatic rings. The van der Waals surface area contributed by atoms with Crippen molar-refractivity contribution in [2.75, 3.05) is 0 Å². The highest BCUT2D eigenvalue weighted by Crippen LogP contribution is 2.22. The molecule has 0 bridgehead atoms. The zero-order chi connectivity index (χ0) is 20.2. The number of hydrogen-bond acceptors (Lipinski definition) is 3. The van der Waals surface area contributed by atoms with Crippen molar-refractivity contribution in [2.45, 2.75) is 39.8 Å². The lowest BCUT2D eigenvalue weighted by Gasteiger charge is -2.12. The van der Waals surface area contributed by atoms with Crippen LogP contribution in [0.4, 0.5) is 0 Å². The Hall–Kier alpha value is -2.80. The summed E-state index contributed by atoms with van der Waals surface area (Å²) in [6.45, 7) is 6.40. The average Bonchev–Trinajstić information content (AvgIpc) is 3.19. The summed E-state index contributed by atoms with van der Waals surface area (Å²) >= 11 is 5.94. The van der Waals surface area contributed by atoms with E-state index in [2.05, 4.69) is 23.4 Å². The molecular formula is C20H22ClN5O2. The lowest BCUT2D eigenvalue weighted by molar-refractivity contribution is 0.532. The van der Waals surface area contributed by atoms with E-state index in [0.717, 1.165) is 17.7 Å². The minimum atomic E-state index is -0.389. The monoisotopic (exact) mass is 399 g/mol. The number of aromatic nitrogens is 5. The first-order chi connectivity index (χ1) is 13.3. The summed E-state index contributed by atoms with van der Waals surface area (Å²) in [7, 11) is 1.65. The van der Waals surface area contributed by atoms with Gasteiger partial charge in [-0.3, -0.25) is 18.3 Å². The third-order valence-electron chi connectivity index (χ3n) is 5.35. The minimum Gasteiger partial charge on any atom is -0.311 e. The van der Waals surface area contributed by atoms with E-state index in [1.54, 1.807) is 23.6 Å². The van der Waals surface area contributed by atoms with E-state index >= 15 is 0 Å². The first-order valence-corrected chi connectivity index (χ1v) is 9.65. The fourth-order valence-corrected chi connectivity index (χ4v) is 3.79. The lowest BCUT2D eigenvalue weighted by Crippen LogP contribution is -2.39. The molecule has 0 spiro atoms. The van der Waals surface area contributed by atoms with Crippen molar-refractivity contribution in [1.29, 1.82) is 0 Å². The molecule has 0 amide bonds. The fourth-order valence-electron chi connectivity index (χ4n) is 3.67. The molecule has 28 heavy (non-hydrogen) atoms. The van der Waals surface area contributed by atoms with Crippen LogP contribution in [-0.4, -0.2) is 23.1 Å². The summed E-state index contributed by atoms with van der Waals surface area (Å²) in [4.78, 5) is 30.8. The lowest BCUT2D eigenvalue weighted by atomic mass is 10.2. The number of hydrogen-bond donors (Lipinski definition) is 0. The minimum absolute atomic E-state index is 0.177. The molecule has 4 rings (SSSR count). The highest BCUT2D eigenvalue weighted by Gasteiger charge is 2.21. The largest absolute Gasteiger partial charge is 0.332 e. The molecule has 7 nitrogen and oxygen atoms in total. The van der Waals surface area contributed by atoms with Gasteiger partial charge in [-0.2, -0.15) is 4.98 Å². The SMILES string of the molecule is CC[C@@H](C)n1c(C)cn2c3c(=O)n(Cc4ccc(Cl)cc4)c(=O)n(C)c3nc12. The first-order valence-electron chi connectivity index (χ1n) is 9.27. The Labute approximate surface area is 166 Å². The Morgan fingerprint density at radius 2 is 1.86 bits per heavy atom. The summed E-state index contributed by atoms with van der Waals surface area (Å²) in [5.41, 5.74) is 1.93. The number of fused-ring (bicyclic) bond motifs is 3. The maximum atomic E-state index is 13.3. The molecule has 0 aliphatic heterocycles. The number of benzene rings is 1. The zero-order valence-electron chi connectivity index (χ0n) is 16.3. The fraction of sp³-hybridized carbons (Fsp3) is 0.350. The molecule has 0 radical (unpaired) electrons. The molecule has 1 atom stereocenters. The van der Waals surface area contributed by atoms with Gasteiger partial charge in [0.25, 0.3) is 5.56 Å². The second kappa shape index (κ2) is 6.67. The normalized spacial score (nSPS) is 12.9. The van der Waals surface area contributed by atoms with Crippen LogP contribution in [0.25, 0.3) is 16.9 Å². The van der Waals surface area contributed by atoms with Crippen molar-refractivity contribution in [3.05, 3.63) is 67.6 Å². The Morgan fingerprint density at radius 3 is 2.50 bits per heavy atom. The van der Waals surface area contributed by atoms with E-state index in [9.17, 15) is 9.59 Å². The van der Waals surface area contributed by atoms with Gasteiger partial charge in [-0.1, -0.05) is 30.7 Å². The molecule has 3 aromatic heterocycles. The summed E-state index contributed by atoms with van der Waals surface area (Å²) in [5, 5.41) is 0.610. The maximum Gasteiger partial charge on any atom is 0.332 e. The number of halogens is 1. The predicted molar refractivity (Wildman–Crippen MR) is 110 cm³/mol. The van der Waals surface area contributed by atoms with Crippen molar-refractivity contribution >= 4 is 28.5 Å². The second-order valence-electron chi connectivity index (χ2n) is 7.21. The van der Waals surface area contributed by atoms with Gasteiger partial charge in [0, 0.05) is 30.0 Å². The van der Waals surface area contributed by atoms with Gasteiger partial charge < -0.3 is 4.57 Å². The van der Waals surface area contributed by atoms with Gasteiger partial charge in [-0.05, 0) is 38.0 Å². The molecule has 1 aromatic carbocycles. The van der Waals surface area contributed by atoms with Gasteiger partial charge in [0.1, 0.15) is 0 Å². The molecule has 0 unspecified atom stereocenters. The maximum absolute atomic E-state index is 13.3. The van der Waals surface area contributed by atoms with Crippen LogP contribution in [0.15, 0.2) is 40.1 Å². The van der Waals surface area contributed by atoms with E-state index in [-0.39, 0.29) is 23.8 Å². The van der Waals surface area contributed by atoms with Crippen LogP contribution in [-0.2, 0) is 13.6 Å². The van der Waals surface area contributed by atoms with Crippen LogP contribution < -0.4 is 11.2 Å². The van der Waals surface area contributed by atoms with E-state index < -0.39 is 0 Å². The van der Waals surface area contributed by atoms with E-state index in [1.165, 1.54) is 9.13 Å². The molecular weight excluding hydrogens is 378 g/mol. The van der Waals surface area contributed by atoms with Crippen LogP contribution in [0, 0.1) is 6.92 Å². The van der Waals surface area contributed by atoms with Crippen molar-refractivity contribution in [3.8, 4) is 0 Å². The predicted octanol–water partition coefficient (Wildman–Crippen LogP) is 3.13. The Bertz CT molecular complexity index is 1310. The van der Waals surface area contributed by atoms with E-state index in [0.29, 0.717) is 22.0 Å². The molecule has 0 N–H and O–H groups in total. The van der Waals surface area contributed by atoms with Gasteiger partial charge in [0.05, 0.1) is 6.54 Å². The van der Waals surface area contributed by atoms with Crippen LogP contribution >= 0.6 is 11.6 Å². The molecule has 3 heterocycles. The highest BCUT2D eigenvalue weighted by molar-refractivity contribution is 6.30. The smallest absolute Gasteiger partial charge is 0.311 e. The number of nitrogens with zero attached hydrogens (tertiary/aromatic N) is 5. The van der Waals surface area contributed by atoms with E-state index in [4.69, 9.17) is 11.6 Å². The van der Waals surface area contributed by atoms with Gasteiger partial charge in [-0.15, -0.1) is 0 Å². The number of aryl methyl sites for hydroxylation is 2. The van der Waals surface area contributed by atoms with Gasteiger partial charge in [-0.25, -0.2) is 4.79 Å². The Kier molecular flexibility index (Phi) is 4.42. The van der Waals surface area contributed by atoms with Crippen LogP contribution in [0.2, 0.25) is 5.02 Å². The Morgan fingerprint density at radius 1 is 1.18 bits per heavy atom. The highest BCUT2D eigenvalue weighted by atomic mass is 35.5. The molecule has 0 saturated carbocycles. The van der Waals surface area contributed by atoms with Crippen molar-refractivity contribution in [2.24, 2.45) is 7.05 Å². The molecule has 4 aromatic rings. The van der Waals surface area contributed by atoms with Crippen molar-refractivity contribution in [3.63, 3.8) is 0 Å². The van der Waals surface area contributed by atoms with E-state index in [1.807, 2.05) is 25.3 Å². The van der Waals surface area contributed by atoms with Gasteiger partial charge in [0.2, 0.25) is 5.78 Å². The van der Waals surface area contributed by atoms with Crippen molar-refractivity contribution < 1.29 is 0 Å². The van der Waals surface area contributed by atoms with Gasteiger partial charge in [0.15, 0.2) is 11.2 Å². The number of imidazole rings is 2. The zero-order valence-corrected chi connectivity index (χ0v) is 17.1. The van der Waals surface area contributed by atoms with Crippen LogP contribution in [0.3, 0.4) is 0 Å². The quantitative estimate of drug-likeness (QED) is 0.529. The molecule has 0 aliphatic carbocycles. The first kappa shape index (κ1) is 18.6. The standard InChI is InChI=1S/C20H22ClN5O2/c1-5-12(2)26-13(3)10-24-16-17(22-19(24)26)23(4)20(28)25(18(16)27)11-14-6-8-15(21)9-7-14/h6-10,12H,5,11H2,1-4H3/t12-/m1/s1. The molecule has 146 valence electrons. The topological polar surface area (TPSA) is 66.2 Å².